The summed E-state index contributed by atoms with van der Waals surface area (Å²) in [5, 5.41) is 3.49. The van der Waals surface area contributed by atoms with E-state index in [-0.39, 0.29) is 12.1 Å². The van der Waals surface area contributed by atoms with Crippen LogP contribution in [0.1, 0.15) is 38.8 Å². The highest BCUT2D eigenvalue weighted by atomic mass is 16.6. The molecule has 1 N–H and O–H groups in total. The molecule has 0 aromatic heterocycles. The van der Waals surface area contributed by atoms with Crippen LogP contribution in [-0.2, 0) is 4.74 Å². The second-order valence-electron chi connectivity index (χ2n) is 6.56. The Labute approximate surface area is 132 Å². The molecule has 1 saturated heterocycles. The Hall–Kier alpha value is -1.75. The van der Waals surface area contributed by atoms with Gasteiger partial charge in [0.15, 0.2) is 0 Å². The summed E-state index contributed by atoms with van der Waals surface area (Å²) in [6.45, 7) is 7.89. The highest BCUT2D eigenvalue weighted by Crippen LogP contribution is 2.21. The van der Waals surface area contributed by atoms with E-state index in [4.69, 9.17) is 9.47 Å². The van der Waals surface area contributed by atoms with E-state index in [9.17, 15) is 4.79 Å². The molecular weight excluding hydrogens is 280 g/mol. The number of carbonyl (C=O) groups excluding carboxylic acids is 1. The molecule has 1 amide bonds. The second-order valence-corrected chi connectivity index (χ2v) is 6.56. The van der Waals surface area contributed by atoms with Gasteiger partial charge in [-0.1, -0.05) is 12.1 Å². The average molecular weight is 306 g/mol. The molecule has 0 radical (unpaired) electrons. The molecule has 5 heteroatoms. The lowest BCUT2D eigenvalue weighted by Crippen LogP contribution is -2.39. The van der Waals surface area contributed by atoms with Crippen molar-refractivity contribution in [2.45, 2.75) is 38.8 Å². The van der Waals surface area contributed by atoms with Crippen molar-refractivity contribution in [1.29, 1.82) is 0 Å². The van der Waals surface area contributed by atoms with Gasteiger partial charge >= 0.3 is 6.09 Å². The van der Waals surface area contributed by atoms with Crippen molar-refractivity contribution in [3.63, 3.8) is 0 Å². The molecular formula is C17H26N2O3. The zero-order valence-electron chi connectivity index (χ0n) is 13.9. The van der Waals surface area contributed by atoms with Crippen LogP contribution in [0.25, 0.3) is 0 Å². The molecule has 1 atom stereocenters. The molecule has 0 bridgehead atoms. The first-order chi connectivity index (χ1) is 10.4. The Morgan fingerprint density at radius 3 is 2.55 bits per heavy atom. The van der Waals surface area contributed by atoms with Crippen molar-refractivity contribution in [2.75, 3.05) is 26.7 Å². The van der Waals surface area contributed by atoms with Gasteiger partial charge in [-0.25, -0.2) is 4.79 Å². The molecule has 1 fully saturated rings. The smallest absolute Gasteiger partial charge is 0.410 e. The summed E-state index contributed by atoms with van der Waals surface area (Å²) >= 11 is 0. The second kappa shape index (κ2) is 7.01. The van der Waals surface area contributed by atoms with Crippen LogP contribution >= 0.6 is 0 Å². The lowest BCUT2D eigenvalue weighted by atomic mass is 10.1. The van der Waals surface area contributed by atoms with Gasteiger partial charge in [-0.15, -0.1) is 0 Å². The Balaban J connectivity index is 2.07. The molecule has 5 nitrogen and oxygen atoms in total. The number of hydrogen-bond donors (Lipinski definition) is 1. The molecule has 1 unspecified atom stereocenters. The molecule has 1 aliphatic heterocycles. The van der Waals surface area contributed by atoms with E-state index in [1.54, 1.807) is 12.0 Å². The van der Waals surface area contributed by atoms with Gasteiger partial charge in [0.2, 0.25) is 0 Å². The number of rotatable bonds is 2. The fourth-order valence-corrected chi connectivity index (χ4v) is 2.47. The average Bonchev–Trinajstić information content (AvgIpc) is 2.71. The standard InChI is InChI=1S/C17H26N2O3/c1-17(2,3)22-16(20)19-11-5-10-18-15(12-19)13-6-8-14(21-4)9-7-13/h6-9,15,18H,5,10-12H2,1-4H3. The summed E-state index contributed by atoms with van der Waals surface area (Å²) in [6.07, 6.45) is 0.682. The maximum absolute atomic E-state index is 12.3. The number of ether oxygens (including phenoxy) is 2. The molecule has 1 aliphatic rings. The van der Waals surface area contributed by atoms with E-state index in [0.717, 1.165) is 24.3 Å². The predicted molar refractivity (Wildman–Crippen MR) is 86.2 cm³/mol. The molecule has 0 saturated carbocycles. The summed E-state index contributed by atoms with van der Waals surface area (Å²) < 4.78 is 10.7. The van der Waals surface area contributed by atoms with E-state index in [1.165, 1.54) is 0 Å². The van der Waals surface area contributed by atoms with Crippen molar-refractivity contribution in [3.8, 4) is 5.75 Å². The number of nitrogens with zero attached hydrogens (tertiary/aromatic N) is 1. The highest BCUT2D eigenvalue weighted by molar-refractivity contribution is 5.68. The van der Waals surface area contributed by atoms with Gasteiger partial charge in [-0.05, 0) is 51.4 Å². The van der Waals surface area contributed by atoms with Crippen molar-refractivity contribution in [2.24, 2.45) is 0 Å². The van der Waals surface area contributed by atoms with Crippen LogP contribution in [0.15, 0.2) is 24.3 Å². The fraction of sp³-hybridized carbons (Fsp3) is 0.588. The van der Waals surface area contributed by atoms with Gasteiger partial charge in [-0.2, -0.15) is 0 Å². The molecule has 2 rings (SSSR count). The first kappa shape index (κ1) is 16.6. The van der Waals surface area contributed by atoms with E-state index in [1.807, 2.05) is 45.0 Å². The van der Waals surface area contributed by atoms with Crippen LogP contribution < -0.4 is 10.1 Å². The minimum Gasteiger partial charge on any atom is -0.497 e. The third-order valence-electron chi connectivity index (χ3n) is 3.57. The van der Waals surface area contributed by atoms with Gasteiger partial charge in [0.05, 0.1) is 13.2 Å². The van der Waals surface area contributed by atoms with Crippen LogP contribution in [0.4, 0.5) is 4.79 Å². The summed E-state index contributed by atoms with van der Waals surface area (Å²) in [5.41, 5.74) is 0.683. The molecule has 122 valence electrons. The minimum absolute atomic E-state index is 0.112. The van der Waals surface area contributed by atoms with E-state index < -0.39 is 5.60 Å². The summed E-state index contributed by atoms with van der Waals surface area (Å²) in [4.78, 5) is 14.1. The maximum Gasteiger partial charge on any atom is 0.410 e. The Morgan fingerprint density at radius 2 is 1.95 bits per heavy atom. The van der Waals surface area contributed by atoms with Crippen molar-refractivity contribution < 1.29 is 14.3 Å². The van der Waals surface area contributed by atoms with Crippen LogP contribution in [-0.4, -0.2) is 43.3 Å². The monoisotopic (exact) mass is 306 g/mol. The summed E-state index contributed by atoms with van der Waals surface area (Å²) in [6, 6.07) is 8.07. The summed E-state index contributed by atoms with van der Waals surface area (Å²) in [7, 11) is 1.66. The van der Waals surface area contributed by atoms with Crippen LogP contribution in [0.2, 0.25) is 0 Å². The molecule has 0 spiro atoms. The van der Waals surface area contributed by atoms with E-state index in [0.29, 0.717) is 13.1 Å². The topological polar surface area (TPSA) is 50.8 Å². The number of benzene rings is 1. The van der Waals surface area contributed by atoms with Crippen LogP contribution in [0.3, 0.4) is 0 Å². The molecule has 1 aromatic rings. The Bertz CT molecular complexity index is 494. The van der Waals surface area contributed by atoms with Crippen molar-refractivity contribution >= 4 is 6.09 Å². The van der Waals surface area contributed by atoms with Crippen molar-refractivity contribution in [1.82, 2.24) is 10.2 Å². The predicted octanol–water partition coefficient (Wildman–Crippen LogP) is 2.97. The quantitative estimate of drug-likeness (QED) is 0.912. The van der Waals surface area contributed by atoms with Gasteiger partial charge in [0, 0.05) is 13.1 Å². The Morgan fingerprint density at radius 1 is 1.27 bits per heavy atom. The van der Waals surface area contributed by atoms with Gasteiger partial charge in [-0.3, -0.25) is 0 Å². The minimum atomic E-state index is -0.466. The highest BCUT2D eigenvalue weighted by Gasteiger charge is 2.26. The lowest BCUT2D eigenvalue weighted by molar-refractivity contribution is 0.0247. The molecule has 0 aliphatic carbocycles. The number of amides is 1. The fourth-order valence-electron chi connectivity index (χ4n) is 2.47. The maximum atomic E-state index is 12.3. The molecule has 22 heavy (non-hydrogen) atoms. The van der Waals surface area contributed by atoms with E-state index in [2.05, 4.69) is 5.32 Å². The third kappa shape index (κ3) is 4.63. The molecule has 1 heterocycles. The number of nitrogens with one attached hydrogen (secondary N) is 1. The SMILES string of the molecule is COc1ccc(C2CN(C(=O)OC(C)(C)C)CCCN2)cc1. The van der Waals surface area contributed by atoms with Crippen LogP contribution in [0.5, 0.6) is 5.75 Å². The van der Waals surface area contributed by atoms with Gasteiger partial charge in [0.25, 0.3) is 0 Å². The first-order valence-corrected chi connectivity index (χ1v) is 7.74. The third-order valence-corrected chi connectivity index (χ3v) is 3.57. The molecule has 1 aromatic carbocycles. The van der Waals surface area contributed by atoms with E-state index >= 15 is 0 Å². The number of carbonyl (C=O) groups is 1. The number of methoxy groups -OCH3 is 1. The van der Waals surface area contributed by atoms with Crippen LogP contribution in [0, 0.1) is 0 Å². The first-order valence-electron chi connectivity index (χ1n) is 7.74. The largest absolute Gasteiger partial charge is 0.497 e. The Kier molecular flexibility index (Phi) is 5.29. The zero-order valence-corrected chi connectivity index (χ0v) is 13.9. The number of hydrogen-bond acceptors (Lipinski definition) is 4. The zero-order chi connectivity index (χ0) is 16.2. The lowest BCUT2D eigenvalue weighted by Gasteiger charge is -2.28. The van der Waals surface area contributed by atoms with Crippen molar-refractivity contribution in [3.05, 3.63) is 29.8 Å². The van der Waals surface area contributed by atoms with Gasteiger partial charge < -0.3 is 19.7 Å². The summed E-state index contributed by atoms with van der Waals surface area (Å²) in [5.74, 6) is 0.835. The normalized spacial score (nSPS) is 19.5. The van der Waals surface area contributed by atoms with Gasteiger partial charge in [0.1, 0.15) is 11.4 Å².